The summed E-state index contributed by atoms with van der Waals surface area (Å²) in [6.07, 6.45) is 4.52. The van der Waals surface area contributed by atoms with Crippen molar-refractivity contribution in [3.05, 3.63) is 32.1 Å². The Labute approximate surface area is 149 Å². The van der Waals surface area contributed by atoms with E-state index in [1.54, 1.807) is 0 Å². The summed E-state index contributed by atoms with van der Waals surface area (Å²) in [6, 6.07) is 0. The Morgan fingerprint density at radius 3 is 2.41 bits per heavy atom. The fourth-order valence-corrected chi connectivity index (χ4v) is 2.59. The molecule has 2 rings (SSSR count). The third-order valence-corrected chi connectivity index (χ3v) is 5.05. The van der Waals surface area contributed by atoms with E-state index >= 15 is 0 Å². The average Bonchev–Trinajstić information content (AvgIpc) is 2.77. The van der Waals surface area contributed by atoms with E-state index in [-0.39, 0.29) is 0 Å². The SMILES string of the molecule is CN1CCC=C(c2n[nH]c(Br)c2I)C1.O=C(O)/C=C\C(=O)O. The van der Waals surface area contributed by atoms with Gasteiger partial charge in [0.15, 0.2) is 0 Å². The Kier molecular flexibility index (Phi) is 7.76. The first-order valence-electron chi connectivity index (χ1n) is 6.22. The molecule has 0 aromatic carbocycles. The molecular formula is C13H15BrIN3O4. The predicted octanol–water partition coefficient (Wildman–Crippen LogP) is 2.21. The van der Waals surface area contributed by atoms with Crippen LogP contribution in [-0.2, 0) is 9.59 Å². The lowest BCUT2D eigenvalue weighted by Crippen LogP contribution is -2.25. The van der Waals surface area contributed by atoms with Crippen LogP contribution in [-0.4, -0.2) is 57.4 Å². The molecule has 1 aromatic rings. The molecule has 0 radical (unpaired) electrons. The van der Waals surface area contributed by atoms with Gasteiger partial charge in [0.1, 0.15) is 10.3 Å². The molecule has 0 aliphatic carbocycles. The van der Waals surface area contributed by atoms with Gasteiger partial charge in [0, 0.05) is 25.2 Å². The lowest BCUT2D eigenvalue weighted by molar-refractivity contribution is -0.134. The van der Waals surface area contributed by atoms with E-state index in [0.29, 0.717) is 12.2 Å². The molecule has 0 spiro atoms. The summed E-state index contributed by atoms with van der Waals surface area (Å²) in [5.74, 6) is -2.51. The maximum absolute atomic E-state index is 9.55. The third kappa shape index (κ3) is 6.28. The molecule has 0 atom stereocenters. The molecule has 0 fully saturated rings. The number of aliphatic carboxylic acids is 2. The van der Waals surface area contributed by atoms with Crippen molar-refractivity contribution in [3.63, 3.8) is 0 Å². The van der Waals surface area contributed by atoms with Gasteiger partial charge in [-0.05, 0) is 57.6 Å². The van der Waals surface area contributed by atoms with Gasteiger partial charge < -0.3 is 15.1 Å². The lowest BCUT2D eigenvalue weighted by Gasteiger charge is -2.21. The van der Waals surface area contributed by atoms with E-state index in [4.69, 9.17) is 10.2 Å². The summed E-state index contributed by atoms with van der Waals surface area (Å²) in [7, 11) is 2.14. The number of aromatic amines is 1. The highest BCUT2D eigenvalue weighted by molar-refractivity contribution is 14.1. The number of halogens is 2. The summed E-state index contributed by atoms with van der Waals surface area (Å²) < 4.78 is 2.14. The molecule has 0 unspecified atom stereocenters. The topological polar surface area (TPSA) is 107 Å². The number of likely N-dealkylation sites (N-methyl/N-ethyl adjacent to an activating group) is 1. The molecule has 0 bridgehead atoms. The van der Waals surface area contributed by atoms with E-state index in [1.807, 2.05) is 0 Å². The van der Waals surface area contributed by atoms with Gasteiger partial charge in [-0.1, -0.05) is 6.08 Å². The number of nitrogens with one attached hydrogen (secondary N) is 1. The molecule has 0 saturated carbocycles. The van der Waals surface area contributed by atoms with Gasteiger partial charge in [-0.25, -0.2) is 9.59 Å². The minimum atomic E-state index is -1.26. The van der Waals surface area contributed by atoms with Crippen LogP contribution in [0.25, 0.3) is 5.57 Å². The highest BCUT2D eigenvalue weighted by atomic mass is 127. The van der Waals surface area contributed by atoms with Crippen molar-refractivity contribution in [1.82, 2.24) is 15.1 Å². The van der Waals surface area contributed by atoms with Gasteiger partial charge in [0.05, 0.1) is 3.57 Å². The molecule has 0 saturated heterocycles. The summed E-state index contributed by atoms with van der Waals surface area (Å²) in [5, 5.41) is 22.9. The van der Waals surface area contributed by atoms with Crippen molar-refractivity contribution in [3.8, 4) is 0 Å². The Morgan fingerprint density at radius 1 is 1.41 bits per heavy atom. The molecule has 22 heavy (non-hydrogen) atoms. The van der Waals surface area contributed by atoms with Crippen LogP contribution in [0.1, 0.15) is 12.1 Å². The molecule has 7 nitrogen and oxygen atoms in total. The van der Waals surface area contributed by atoms with Crippen molar-refractivity contribution in [2.24, 2.45) is 0 Å². The van der Waals surface area contributed by atoms with Crippen molar-refractivity contribution in [1.29, 1.82) is 0 Å². The molecule has 1 aliphatic heterocycles. The maximum atomic E-state index is 9.55. The first-order valence-corrected chi connectivity index (χ1v) is 8.09. The van der Waals surface area contributed by atoms with Gasteiger partial charge in [0.2, 0.25) is 0 Å². The number of carbonyl (C=O) groups is 2. The number of carboxylic acids is 2. The van der Waals surface area contributed by atoms with E-state index in [2.05, 4.69) is 66.7 Å². The van der Waals surface area contributed by atoms with Crippen LogP contribution in [0.2, 0.25) is 0 Å². The highest BCUT2D eigenvalue weighted by Gasteiger charge is 2.16. The number of nitrogens with zero attached hydrogens (tertiary/aromatic N) is 2. The van der Waals surface area contributed by atoms with Gasteiger partial charge in [-0.3, -0.25) is 5.10 Å². The van der Waals surface area contributed by atoms with E-state index < -0.39 is 11.9 Å². The zero-order chi connectivity index (χ0) is 16.7. The Hall–Kier alpha value is -1.20. The van der Waals surface area contributed by atoms with Crippen LogP contribution in [0, 0.1) is 3.57 Å². The van der Waals surface area contributed by atoms with Crippen molar-refractivity contribution >= 4 is 56.0 Å². The highest BCUT2D eigenvalue weighted by Crippen LogP contribution is 2.27. The van der Waals surface area contributed by atoms with Crippen LogP contribution >= 0.6 is 38.5 Å². The lowest BCUT2D eigenvalue weighted by atomic mass is 10.1. The van der Waals surface area contributed by atoms with E-state index in [1.165, 1.54) is 9.14 Å². The first-order chi connectivity index (χ1) is 10.3. The van der Waals surface area contributed by atoms with E-state index in [0.717, 1.165) is 29.8 Å². The monoisotopic (exact) mass is 483 g/mol. The number of hydrogen-bond donors (Lipinski definition) is 3. The van der Waals surface area contributed by atoms with Crippen molar-refractivity contribution in [2.75, 3.05) is 20.1 Å². The normalized spacial score (nSPS) is 15.1. The van der Waals surface area contributed by atoms with Crippen LogP contribution in [0.15, 0.2) is 22.8 Å². The van der Waals surface area contributed by atoms with Crippen LogP contribution < -0.4 is 0 Å². The molecule has 0 amide bonds. The maximum Gasteiger partial charge on any atom is 0.328 e. The molecule has 1 aliphatic rings. The quantitative estimate of drug-likeness (QED) is 0.449. The first kappa shape index (κ1) is 18.8. The Balaban J connectivity index is 0.000000261. The van der Waals surface area contributed by atoms with Crippen LogP contribution in [0.4, 0.5) is 0 Å². The molecule has 3 N–H and O–H groups in total. The number of rotatable bonds is 3. The molecule has 2 heterocycles. The second kappa shape index (κ2) is 9.06. The number of hydrogen-bond acceptors (Lipinski definition) is 4. The molecule has 9 heteroatoms. The van der Waals surface area contributed by atoms with Crippen LogP contribution in [0.3, 0.4) is 0 Å². The minimum absolute atomic E-state index is 0.558. The smallest absolute Gasteiger partial charge is 0.328 e. The zero-order valence-corrected chi connectivity index (χ0v) is 15.5. The van der Waals surface area contributed by atoms with Gasteiger partial charge in [-0.2, -0.15) is 5.10 Å². The van der Waals surface area contributed by atoms with Crippen molar-refractivity contribution in [2.45, 2.75) is 6.42 Å². The van der Waals surface area contributed by atoms with E-state index in [9.17, 15) is 9.59 Å². The molecule has 1 aromatic heterocycles. The number of carboxylic acid groups (broad SMARTS) is 2. The largest absolute Gasteiger partial charge is 0.478 e. The second-order valence-electron chi connectivity index (χ2n) is 4.47. The standard InChI is InChI=1S/C9H11BrIN3.C4H4O4/c1-14-4-2-3-6(5-14)8-7(11)9(10)13-12-8;5-3(6)1-2-4(7)8/h3H,2,4-5H2,1H3,(H,12,13);1-2H,(H,5,6)(H,7,8)/b;2-1-. The second-order valence-corrected chi connectivity index (χ2v) is 6.34. The minimum Gasteiger partial charge on any atom is -0.478 e. The summed E-state index contributed by atoms with van der Waals surface area (Å²) >= 11 is 5.74. The van der Waals surface area contributed by atoms with Gasteiger partial charge in [0.25, 0.3) is 0 Å². The fourth-order valence-electron chi connectivity index (χ4n) is 1.73. The third-order valence-electron chi connectivity index (χ3n) is 2.68. The summed E-state index contributed by atoms with van der Waals surface area (Å²) in [4.78, 5) is 21.4. The molecular weight excluding hydrogens is 469 g/mol. The Bertz CT molecular complexity index is 596. The van der Waals surface area contributed by atoms with Crippen LogP contribution in [0.5, 0.6) is 0 Å². The Morgan fingerprint density at radius 2 is 2.00 bits per heavy atom. The summed E-state index contributed by atoms with van der Waals surface area (Å²) in [6.45, 7) is 2.14. The van der Waals surface area contributed by atoms with Gasteiger partial charge >= 0.3 is 11.9 Å². The average molecular weight is 484 g/mol. The zero-order valence-electron chi connectivity index (χ0n) is 11.7. The predicted molar refractivity (Wildman–Crippen MR) is 93.5 cm³/mol. The fraction of sp³-hybridized carbons (Fsp3) is 0.308. The number of H-pyrrole nitrogens is 1. The van der Waals surface area contributed by atoms with Gasteiger partial charge in [-0.15, -0.1) is 0 Å². The van der Waals surface area contributed by atoms with Crippen molar-refractivity contribution < 1.29 is 19.8 Å². The summed E-state index contributed by atoms with van der Waals surface area (Å²) in [5.41, 5.74) is 2.41. The number of aromatic nitrogens is 2. The molecule has 120 valence electrons.